The number of carbonyl (C=O) groups is 3. The average Bonchev–Trinajstić information content (AvgIpc) is 2.97. The van der Waals surface area contributed by atoms with E-state index in [0.717, 1.165) is 11.3 Å². The van der Waals surface area contributed by atoms with Crippen molar-refractivity contribution in [1.82, 2.24) is 5.32 Å². The van der Waals surface area contributed by atoms with E-state index in [0.29, 0.717) is 9.21 Å². The van der Waals surface area contributed by atoms with Gasteiger partial charge in [0.05, 0.1) is 19.8 Å². The lowest BCUT2D eigenvalue weighted by molar-refractivity contribution is -0.141. The molecule has 0 radical (unpaired) electrons. The van der Waals surface area contributed by atoms with Crippen LogP contribution in [0.4, 0.5) is 0 Å². The predicted octanol–water partition coefficient (Wildman–Crippen LogP) is 3.21. The van der Waals surface area contributed by atoms with E-state index in [2.05, 4.69) is 5.32 Å². The van der Waals surface area contributed by atoms with Crippen molar-refractivity contribution in [3.05, 3.63) is 56.2 Å². The Balaban J connectivity index is 1.78. The van der Waals surface area contributed by atoms with Crippen molar-refractivity contribution < 1.29 is 19.1 Å². The Morgan fingerprint density at radius 1 is 1.09 bits per heavy atom. The van der Waals surface area contributed by atoms with Gasteiger partial charge in [-0.25, -0.2) is 0 Å². The van der Waals surface area contributed by atoms with Crippen LogP contribution in [0.25, 0.3) is 0 Å². The fourth-order valence-corrected chi connectivity index (χ4v) is 2.81. The zero-order valence-electron chi connectivity index (χ0n) is 11.7. The third kappa shape index (κ3) is 5.06. The molecule has 1 aromatic heterocycles. The van der Waals surface area contributed by atoms with Crippen molar-refractivity contribution in [3.8, 4) is 0 Å². The number of hydrogen-bond donors (Lipinski definition) is 1. The van der Waals surface area contributed by atoms with E-state index in [1.807, 2.05) is 0 Å². The molecule has 0 saturated carbocycles. The Kier molecular flexibility index (Phi) is 6.15. The molecule has 120 valence electrons. The van der Waals surface area contributed by atoms with Gasteiger partial charge >= 0.3 is 5.97 Å². The van der Waals surface area contributed by atoms with Gasteiger partial charge in [-0.3, -0.25) is 14.4 Å². The molecule has 0 spiro atoms. The normalized spacial score (nSPS) is 10.2. The molecule has 1 N–H and O–H groups in total. The number of thiophene rings is 1. The molecule has 1 amide bonds. The van der Waals surface area contributed by atoms with Gasteiger partial charge in [0.2, 0.25) is 5.78 Å². The first-order valence-electron chi connectivity index (χ1n) is 6.44. The summed E-state index contributed by atoms with van der Waals surface area (Å²) in [7, 11) is 0. The molecule has 5 nitrogen and oxygen atoms in total. The highest BCUT2D eigenvalue weighted by Gasteiger charge is 2.14. The second-order valence-electron chi connectivity index (χ2n) is 4.35. The van der Waals surface area contributed by atoms with Gasteiger partial charge < -0.3 is 10.1 Å². The largest absolute Gasteiger partial charge is 0.456 e. The van der Waals surface area contributed by atoms with Gasteiger partial charge in [-0.15, -0.1) is 11.3 Å². The van der Waals surface area contributed by atoms with E-state index in [-0.39, 0.29) is 22.9 Å². The highest BCUT2D eigenvalue weighted by Crippen LogP contribution is 2.21. The summed E-state index contributed by atoms with van der Waals surface area (Å²) >= 11 is 12.7. The SMILES string of the molecule is O=C(CNC(=O)c1ccccc1Cl)OCC(=O)c1ccc(Cl)s1. The maximum absolute atomic E-state index is 11.8. The Labute approximate surface area is 146 Å². The van der Waals surface area contributed by atoms with Gasteiger partial charge in [0, 0.05) is 0 Å². The third-order valence-electron chi connectivity index (χ3n) is 2.72. The second-order valence-corrected chi connectivity index (χ2v) is 6.47. The van der Waals surface area contributed by atoms with Crippen LogP contribution >= 0.6 is 34.5 Å². The molecule has 0 unspecified atom stereocenters. The molecule has 8 heteroatoms. The number of rotatable bonds is 6. The predicted molar refractivity (Wildman–Crippen MR) is 88.4 cm³/mol. The lowest BCUT2D eigenvalue weighted by Gasteiger charge is -2.06. The van der Waals surface area contributed by atoms with Gasteiger partial charge in [-0.05, 0) is 24.3 Å². The summed E-state index contributed by atoms with van der Waals surface area (Å²) < 4.78 is 5.29. The van der Waals surface area contributed by atoms with Crippen molar-refractivity contribution in [2.75, 3.05) is 13.2 Å². The summed E-state index contributed by atoms with van der Waals surface area (Å²) in [6.45, 7) is -0.764. The number of esters is 1. The number of Topliss-reactive ketones (excluding diaryl/α,β-unsaturated/α-hetero) is 1. The number of ether oxygens (including phenoxy) is 1. The highest BCUT2D eigenvalue weighted by molar-refractivity contribution is 7.18. The third-order valence-corrected chi connectivity index (χ3v) is 4.33. The van der Waals surface area contributed by atoms with Crippen LogP contribution in [0.2, 0.25) is 9.36 Å². The number of ketones is 1. The van der Waals surface area contributed by atoms with E-state index in [4.69, 9.17) is 27.9 Å². The molecule has 0 fully saturated rings. The minimum absolute atomic E-state index is 0.256. The number of hydrogen-bond acceptors (Lipinski definition) is 5. The van der Waals surface area contributed by atoms with Gasteiger partial charge in [0.25, 0.3) is 5.91 Å². The van der Waals surface area contributed by atoms with Gasteiger partial charge in [-0.1, -0.05) is 35.3 Å². The molecule has 0 aliphatic carbocycles. The summed E-state index contributed by atoms with van der Waals surface area (Å²) in [6, 6.07) is 9.60. The van der Waals surface area contributed by atoms with Crippen molar-refractivity contribution >= 4 is 52.2 Å². The Morgan fingerprint density at radius 3 is 2.48 bits per heavy atom. The Bertz CT molecular complexity index is 745. The van der Waals surface area contributed by atoms with Crippen LogP contribution in [0, 0.1) is 0 Å². The molecule has 0 saturated heterocycles. The van der Waals surface area contributed by atoms with Gasteiger partial charge in [-0.2, -0.15) is 0 Å². The maximum atomic E-state index is 11.8. The Hall–Kier alpha value is -1.89. The minimum atomic E-state index is -0.721. The molecular formula is C15H11Cl2NO4S. The molecule has 23 heavy (non-hydrogen) atoms. The number of nitrogens with one attached hydrogen (secondary N) is 1. The van der Waals surface area contributed by atoms with Gasteiger partial charge in [0.15, 0.2) is 6.61 Å². The van der Waals surface area contributed by atoms with E-state index < -0.39 is 18.5 Å². The van der Waals surface area contributed by atoms with Gasteiger partial charge in [0.1, 0.15) is 6.54 Å². The smallest absolute Gasteiger partial charge is 0.325 e. The van der Waals surface area contributed by atoms with E-state index in [1.165, 1.54) is 6.07 Å². The fourth-order valence-electron chi connectivity index (χ4n) is 1.63. The molecule has 1 heterocycles. The number of halogens is 2. The van der Waals surface area contributed by atoms with Crippen LogP contribution in [0.1, 0.15) is 20.0 Å². The summed E-state index contributed by atoms with van der Waals surface area (Å²) in [6.07, 6.45) is 0. The zero-order chi connectivity index (χ0) is 16.8. The summed E-state index contributed by atoms with van der Waals surface area (Å²) in [5.74, 6) is -1.57. The van der Waals surface area contributed by atoms with Crippen LogP contribution in [0.3, 0.4) is 0 Å². The number of benzene rings is 1. The standard InChI is InChI=1S/C15H11Cl2NO4S/c16-10-4-2-1-3-9(10)15(21)18-7-14(20)22-8-11(19)12-5-6-13(17)23-12/h1-6H,7-8H2,(H,18,21). The first-order chi connectivity index (χ1) is 11.0. The molecular weight excluding hydrogens is 361 g/mol. The van der Waals surface area contributed by atoms with Crippen LogP contribution in [0.15, 0.2) is 36.4 Å². The van der Waals surface area contributed by atoms with Crippen molar-refractivity contribution in [2.24, 2.45) is 0 Å². The Morgan fingerprint density at radius 2 is 1.83 bits per heavy atom. The molecule has 0 aliphatic rings. The monoisotopic (exact) mass is 371 g/mol. The zero-order valence-corrected chi connectivity index (χ0v) is 14.0. The lowest BCUT2D eigenvalue weighted by Crippen LogP contribution is -2.31. The highest BCUT2D eigenvalue weighted by atomic mass is 35.5. The van der Waals surface area contributed by atoms with E-state index in [1.54, 1.807) is 30.3 Å². The quantitative estimate of drug-likeness (QED) is 0.624. The first kappa shape index (κ1) is 17.5. The van der Waals surface area contributed by atoms with Crippen molar-refractivity contribution in [1.29, 1.82) is 0 Å². The molecule has 1 aromatic carbocycles. The van der Waals surface area contributed by atoms with E-state index >= 15 is 0 Å². The first-order valence-corrected chi connectivity index (χ1v) is 8.01. The molecule has 2 aromatic rings. The average molecular weight is 372 g/mol. The molecule has 0 aliphatic heterocycles. The second kappa shape index (κ2) is 8.10. The van der Waals surface area contributed by atoms with Crippen LogP contribution < -0.4 is 5.32 Å². The van der Waals surface area contributed by atoms with Crippen LogP contribution in [0.5, 0.6) is 0 Å². The van der Waals surface area contributed by atoms with Crippen LogP contribution in [-0.2, 0) is 9.53 Å². The van der Waals surface area contributed by atoms with Crippen LogP contribution in [-0.4, -0.2) is 30.8 Å². The van der Waals surface area contributed by atoms with E-state index in [9.17, 15) is 14.4 Å². The fraction of sp³-hybridized carbons (Fsp3) is 0.133. The topological polar surface area (TPSA) is 72.5 Å². The summed E-state index contributed by atoms with van der Waals surface area (Å²) in [5, 5.41) is 2.66. The minimum Gasteiger partial charge on any atom is -0.456 e. The molecule has 0 atom stereocenters. The molecule has 0 bridgehead atoms. The summed E-state index contributed by atoms with van der Waals surface area (Å²) in [5.41, 5.74) is 0.256. The molecule has 2 rings (SSSR count). The van der Waals surface area contributed by atoms with Crippen molar-refractivity contribution in [2.45, 2.75) is 0 Å². The summed E-state index contributed by atoms with van der Waals surface area (Å²) in [4.78, 5) is 35.6. The lowest BCUT2D eigenvalue weighted by atomic mass is 10.2. The number of amides is 1. The number of carbonyl (C=O) groups excluding carboxylic acids is 3. The maximum Gasteiger partial charge on any atom is 0.325 e. The van der Waals surface area contributed by atoms with Crippen molar-refractivity contribution in [3.63, 3.8) is 0 Å².